The van der Waals surface area contributed by atoms with Crippen molar-refractivity contribution in [2.24, 2.45) is 5.73 Å². The summed E-state index contributed by atoms with van der Waals surface area (Å²) in [6.07, 6.45) is 1.91. The van der Waals surface area contributed by atoms with Crippen LogP contribution in [0, 0.1) is 0 Å². The molecule has 2 amide bonds. The number of piperidine rings is 1. The molecule has 122 valence electrons. The second-order valence-electron chi connectivity index (χ2n) is 5.93. The van der Waals surface area contributed by atoms with Crippen LogP contribution in [-0.2, 0) is 4.79 Å². The lowest BCUT2D eigenvalue weighted by molar-refractivity contribution is -0.133. The number of nitrogens with one attached hydrogen (secondary N) is 1. The molecule has 0 radical (unpaired) electrons. The normalized spacial score (nSPS) is 19.5. The Morgan fingerprint density at radius 1 is 1.52 bits per heavy atom. The number of amides is 2. The first kappa shape index (κ1) is 15.7. The molecule has 23 heavy (non-hydrogen) atoms. The van der Waals surface area contributed by atoms with Crippen molar-refractivity contribution in [3.05, 3.63) is 39.8 Å². The van der Waals surface area contributed by atoms with Crippen molar-refractivity contribution in [1.82, 2.24) is 15.1 Å². The third-order valence-electron chi connectivity index (χ3n) is 4.36. The molecule has 6 nitrogen and oxygen atoms in total. The molecule has 1 saturated heterocycles. The number of rotatable bonds is 4. The number of carbonyl (C=O) groups is 2. The first-order valence-electron chi connectivity index (χ1n) is 7.73. The largest absolute Gasteiger partial charge is 0.364 e. The van der Waals surface area contributed by atoms with Gasteiger partial charge in [0.25, 0.3) is 5.91 Å². The highest BCUT2D eigenvalue weighted by atomic mass is 32.1. The molecule has 2 aromatic rings. The van der Waals surface area contributed by atoms with Gasteiger partial charge < -0.3 is 10.6 Å². The molecule has 3 heterocycles. The Balaban J connectivity index is 1.70. The number of carbonyl (C=O) groups excluding carboxylic acids is 2. The first-order chi connectivity index (χ1) is 11.1. The van der Waals surface area contributed by atoms with Crippen LogP contribution in [0.5, 0.6) is 0 Å². The van der Waals surface area contributed by atoms with Crippen LogP contribution in [0.3, 0.4) is 0 Å². The van der Waals surface area contributed by atoms with Gasteiger partial charge in [0, 0.05) is 29.6 Å². The van der Waals surface area contributed by atoms with Crippen molar-refractivity contribution in [1.29, 1.82) is 0 Å². The van der Waals surface area contributed by atoms with Crippen molar-refractivity contribution in [3.8, 4) is 0 Å². The van der Waals surface area contributed by atoms with Crippen molar-refractivity contribution in [3.63, 3.8) is 0 Å². The number of nitrogens with two attached hydrogens (primary N) is 1. The lowest BCUT2D eigenvalue weighted by Gasteiger charge is -2.33. The predicted molar refractivity (Wildman–Crippen MR) is 88.4 cm³/mol. The topological polar surface area (TPSA) is 92.1 Å². The maximum absolute atomic E-state index is 12.7. The number of hydrogen-bond donors (Lipinski definition) is 2. The van der Waals surface area contributed by atoms with Crippen LogP contribution >= 0.6 is 11.3 Å². The summed E-state index contributed by atoms with van der Waals surface area (Å²) in [4.78, 5) is 26.9. The molecule has 0 aliphatic carbocycles. The molecular weight excluding hydrogens is 312 g/mol. The van der Waals surface area contributed by atoms with Crippen LogP contribution in [0.4, 0.5) is 0 Å². The molecule has 0 aromatic carbocycles. The van der Waals surface area contributed by atoms with E-state index in [1.54, 1.807) is 17.4 Å². The van der Waals surface area contributed by atoms with Crippen molar-refractivity contribution in [2.75, 3.05) is 13.1 Å². The van der Waals surface area contributed by atoms with E-state index in [9.17, 15) is 9.59 Å². The zero-order valence-electron chi connectivity index (χ0n) is 13.0. The van der Waals surface area contributed by atoms with Gasteiger partial charge in [-0.25, -0.2) is 0 Å². The van der Waals surface area contributed by atoms with Crippen LogP contribution in [0.1, 0.15) is 52.7 Å². The molecule has 0 saturated carbocycles. The van der Waals surface area contributed by atoms with E-state index in [-0.39, 0.29) is 23.4 Å². The minimum absolute atomic E-state index is 0.114. The number of likely N-dealkylation sites (tertiary alicyclic amines) is 1. The molecule has 3 N–H and O–H groups in total. The van der Waals surface area contributed by atoms with Gasteiger partial charge in [0.2, 0.25) is 5.91 Å². The Hall–Kier alpha value is -2.15. The highest BCUT2D eigenvalue weighted by Crippen LogP contribution is 2.29. The van der Waals surface area contributed by atoms with Crippen molar-refractivity contribution < 1.29 is 9.59 Å². The Morgan fingerprint density at radius 2 is 2.35 bits per heavy atom. The Bertz CT molecular complexity index is 695. The third-order valence-corrected chi connectivity index (χ3v) is 5.42. The van der Waals surface area contributed by atoms with Gasteiger partial charge in [0.15, 0.2) is 0 Å². The number of aromatic nitrogens is 2. The minimum Gasteiger partial charge on any atom is -0.364 e. The molecule has 1 fully saturated rings. The van der Waals surface area contributed by atoms with Crippen molar-refractivity contribution >= 4 is 23.2 Å². The van der Waals surface area contributed by atoms with Gasteiger partial charge in [0.1, 0.15) is 5.69 Å². The Kier molecular flexibility index (Phi) is 4.47. The Morgan fingerprint density at radius 3 is 3.00 bits per heavy atom. The zero-order chi connectivity index (χ0) is 16.4. The predicted octanol–water partition coefficient (Wildman–Crippen LogP) is 2.08. The van der Waals surface area contributed by atoms with Crippen LogP contribution < -0.4 is 5.73 Å². The first-order valence-corrected chi connectivity index (χ1v) is 8.61. The monoisotopic (exact) mass is 332 g/mol. The fourth-order valence-corrected chi connectivity index (χ4v) is 3.81. The highest BCUT2D eigenvalue weighted by Gasteiger charge is 2.29. The maximum atomic E-state index is 12.7. The summed E-state index contributed by atoms with van der Waals surface area (Å²) in [5.74, 6) is -0.324. The van der Waals surface area contributed by atoms with E-state index in [4.69, 9.17) is 5.73 Å². The molecule has 1 aliphatic heterocycles. The molecule has 0 spiro atoms. The lowest BCUT2D eigenvalue weighted by atomic mass is 9.93. The number of primary amides is 1. The van der Waals surface area contributed by atoms with E-state index in [0.29, 0.717) is 6.54 Å². The van der Waals surface area contributed by atoms with E-state index < -0.39 is 5.91 Å². The average Bonchev–Trinajstić information content (AvgIpc) is 3.25. The average molecular weight is 332 g/mol. The van der Waals surface area contributed by atoms with Crippen LogP contribution in [0.2, 0.25) is 0 Å². The van der Waals surface area contributed by atoms with Gasteiger partial charge in [-0.15, -0.1) is 11.3 Å². The van der Waals surface area contributed by atoms with E-state index in [1.807, 2.05) is 29.3 Å². The summed E-state index contributed by atoms with van der Waals surface area (Å²) < 4.78 is 0. The minimum atomic E-state index is -0.539. The van der Waals surface area contributed by atoms with Gasteiger partial charge >= 0.3 is 0 Å². The molecule has 3 rings (SSSR count). The standard InChI is InChI=1S/C16H20N4O2S/c1-10(14-5-3-7-23-14)16(22)20-6-2-4-11(9-20)12-8-13(15(17)21)19-18-12/h3,5,7-8,10-11H,2,4,6,9H2,1H3,(H2,17,21)(H,18,19). The molecule has 2 atom stereocenters. The van der Waals surface area contributed by atoms with Gasteiger partial charge in [-0.05, 0) is 37.3 Å². The van der Waals surface area contributed by atoms with Gasteiger partial charge in [-0.1, -0.05) is 6.07 Å². The fraction of sp³-hybridized carbons (Fsp3) is 0.438. The van der Waals surface area contributed by atoms with Crippen LogP contribution in [-0.4, -0.2) is 40.0 Å². The van der Waals surface area contributed by atoms with E-state index in [1.165, 1.54) is 0 Å². The quantitative estimate of drug-likeness (QED) is 0.898. The smallest absolute Gasteiger partial charge is 0.269 e. The number of nitrogens with zero attached hydrogens (tertiary/aromatic N) is 2. The van der Waals surface area contributed by atoms with E-state index in [2.05, 4.69) is 10.2 Å². The summed E-state index contributed by atoms with van der Waals surface area (Å²) in [6.45, 7) is 3.38. The number of H-pyrrole nitrogens is 1. The van der Waals surface area contributed by atoms with E-state index >= 15 is 0 Å². The molecule has 2 aromatic heterocycles. The summed E-state index contributed by atoms with van der Waals surface area (Å²) in [6, 6.07) is 5.67. The summed E-state index contributed by atoms with van der Waals surface area (Å²) in [5, 5.41) is 8.82. The van der Waals surface area contributed by atoms with Gasteiger partial charge in [-0.2, -0.15) is 5.10 Å². The fourth-order valence-electron chi connectivity index (χ4n) is 3.04. The molecule has 7 heteroatoms. The SMILES string of the molecule is CC(C(=O)N1CCCC(c2cc(C(N)=O)n[nH]2)C1)c1cccs1. The third kappa shape index (κ3) is 3.29. The molecule has 1 aliphatic rings. The number of aromatic amines is 1. The Labute approximate surface area is 138 Å². The number of thiophene rings is 1. The lowest BCUT2D eigenvalue weighted by Crippen LogP contribution is -2.41. The zero-order valence-corrected chi connectivity index (χ0v) is 13.8. The highest BCUT2D eigenvalue weighted by molar-refractivity contribution is 7.10. The molecule has 2 unspecified atom stereocenters. The number of hydrogen-bond acceptors (Lipinski definition) is 4. The van der Waals surface area contributed by atoms with Crippen LogP contribution in [0.15, 0.2) is 23.6 Å². The summed E-state index contributed by atoms with van der Waals surface area (Å²) >= 11 is 1.61. The second-order valence-corrected chi connectivity index (χ2v) is 6.91. The summed E-state index contributed by atoms with van der Waals surface area (Å²) in [7, 11) is 0. The molecular formula is C16H20N4O2S. The molecule has 0 bridgehead atoms. The van der Waals surface area contributed by atoms with Gasteiger partial charge in [0.05, 0.1) is 5.92 Å². The summed E-state index contributed by atoms with van der Waals surface area (Å²) in [5.41, 5.74) is 6.36. The van der Waals surface area contributed by atoms with Crippen LogP contribution in [0.25, 0.3) is 0 Å². The van der Waals surface area contributed by atoms with Crippen molar-refractivity contribution in [2.45, 2.75) is 31.6 Å². The van der Waals surface area contributed by atoms with Gasteiger partial charge in [-0.3, -0.25) is 14.7 Å². The maximum Gasteiger partial charge on any atom is 0.269 e. The van der Waals surface area contributed by atoms with E-state index in [0.717, 1.165) is 30.0 Å². The second kappa shape index (κ2) is 6.54.